The van der Waals surface area contributed by atoms with Gasteiger partial charge >= 0.3 is 0 Å². The number of furan rings is 1. The largest absolute Gasteiger partial charge is 0.455 e. The van der Waals surface area contributed by atoms with Crippen LogP contribution in [0.1, 0.15) is 17.8 Å². The fourth-order valence-electron chi connectivity index (χ4n) is 6.19. The molecular formula is C44H28O. The van der Waals surface area contributed by atoms with E-state index >= 15 is 0 Å². The van der Waals surface area contributed by atoms with Gasteiger partial charge in [-0.3, -0.25) is 0 Å². The first-order valence-corrected chi connectivity index (χ1v) is 14.4. The van der Waals surface area contributed by atoms with Crippen LogP contribution in [-0.4, -0.2) is 0 Å². The molecular weight excluding hydrogens is 544 g/mol. The van der Waals surface area contributed by atoms with E-state index in [1.807, 2.05) is 60.7 Å². The van der Waals surface area contributed by atoms with Gasteiger partial charge in [-0.25, -0.2) is 0 Å². The molecule has 0 unspecified atom stereocenters. The van der Waals surface area contributed by atoms with Crippen molar-refractivity contribution in [3.8, 4) is 44.5 Å². The molecule has 0 aliphatic rings. The Balaban J connectivity index is 1.35. The molecule has 0 saturated carbocycles. The molecule has 9 rings (SSSR count). The van der Waals surface area contributed by atoms with Crippen molar-refractivity contribution in [2.75, 3.05) is 0 Å². The Kier molecular flexibility index (Phi) is 3.62. The molecule has 0 N–H and O–H groups in total. The summed E-state index contributed by atoms with van der Waals surface area (Å²) in [4.78, 5) is 0. The van der Waals surface area contributed by atoms with Crippen molar-refractivity contribution in [2.24, 2.45) is 0 Å². The Morgan fingerprint density at radius 1 is 0.378 bits per heavy atom. The SMILES string of the molecule is [2H]c1c([2H])c([2H])c(-c2c3c([2H])c([2H])c([2H])c([2H])c3c(-c3ccc(-c4cccc5c4oc4cc(-c6ccccc6)ccc45)cc3)c3c([2H])c([2H])c([2H])c([2H])c23)c([2H])c1[2H]. The van der Waals surface area contributed by atoms with Crippen LogP contribution in [0.15, 0.2) is 174 Å². The highest BCUT2D eigenvalue weighted by molar-refractivity contribution is 6.21. The van der Waals surface area contributed by atoms with Crippen LogP contribution in [0.5, 0.6) is 0 Å². The van der Waals surface area contributed by atoms with Crippen molar-refractivity contribution in [1.82, 2.24) is 0 Å². The highest BCUT2D eigenvalue weighted by Gasteiger charge is 2.17. The first kappa shape index (κ1) is 15.7. The molecule has 1 nitrogen and oxygen atoms in total. The van der Waals surface area contributed by atoms with E-state index in [9.17, 15) is 2.74 Å². The summed E-state index contributed by atoms with van der Waals surface area (Å²) in [6.45, 7) is 0. The number of benzene rings is 8. The van der Waals surface area contributed by atoms with Gasteiger partial charge in [-0.05, 0) is 72.6 Å². The van der Waals surface area contributed by atoms with Crippen LogP contribution >= 0.6 is 0 Å². The lowest BCUT2D eigenvalue weighted by Crippen LogP contribution is -1.90. The van der Waals surface area contributed by atoms with E-state index in [4.69, 9.17) is 19.5 Å². The average Bonchev–Trinajstić information content (AvgIpc) is 3.63. The normalized spacial score (nSPS) is 15.6. The van der Waals surface area contributed by atoms with Crippen LogP contribution in [0.3, 0.4) is 0 Å². The average molecular weight is 586 g/mol. The molecule has 0 aliphatic carbocycles. The predicted molar refractivity (Wildman–Crippen MR) is 190 cm³/mol. The molecule has 45 heavy (non-hydrogen) atoms. The van der Waals surface area contributed by atoms with Crippen molar-refractivity contribution < 1.29 is 22.2 Å². The molecule has 210 valence electrons. The molecule has 0 atom stereocenters. The third kappa shape index (κ3) is 4.17. The number of para-hydroxylation sites is 1. The minimum Gasteiger partial charge on any atom is -0.455 e. The van der Waals surface area contributed by atoms with E-state index in [1.165, 1.54) is 0 Å². The number of rotatable bonds is 4. The molecule has 0 bridgehead atoms. The highest BCUT2D eigenvalue weighted by Crippen LogP contribution is 2.44. The van der Waals surface area contributed by atoms with Crippen molar-refractivity contribution in [3.05, 3.63) is 170 Å². The monoisotopic (exact) mass is 585 g/mol. The van der Waals surface area contributed by atoms with Crippen molar-refractivity contribution >= 4 is 43.5 Å². The molecule has 0 amide bonds. The summed E-state index contributed by atoms with van der Waals surface area (Å²) < 4.78 is 121. The summed E-state index contributed by atoms with van der Waals surface area (Å²) in [5.74, 6) is 0. The summed E-state index contributed by atoms with van der Waals surface area (Å²) in [5, 5.41) is 1.08. The van der Waals surface area contributed by atoms with E-state index in [0.717, 1.165) is 33.0 Å². The maximum absolute atomic E-state index is 9.19. The van der Waals surface area contributed by atoms with Gasteiger partial charge in [0.2, 0.25) is 0 Å². The summed E-state index contributed by atoms with van der Waals surface area (Å²) in [7, 11) is 0. The van der Waals surface area contributed by atoms with Gasteiger partial charge in [-0.1, -0.05) is 157 Å². The first-order valence-electron chi connectivity index (χ1n) is 20.9. The third-order valence-electron chi connectivity index (χ3n) is 8.22. The maximum atomic E-state index is 9.19. The molecule has 1 heteroatoms. The van der Waals surface area contributed by atoms with Crippen molar-refractivity contribution in [1.29, 1.82) is 0 Å². The number of hydrogen-bond donors (Lipinski definition) is 0. The molecule has 8 aromatic carbocycles. The second-order valence-corrected chi connectivity index (χ2v) is 10.7. The lowest BCUT2D eigenvalue weighted by Gasteiger charge is -2.18. The van der Waals surface area contributed by atoms with Gasteiger partial charge < -0.3 is 4.42 Å². The highest BCUT2D eigenvalue weighted by atomic mass is 16.3. The molecule has 9 aromatic rings. The first-order chi connectivity index (χ1) is 27.7. The zero-order valence-corrected chi connectivity index (χ0v) is 23.6. The van der Waals surface area contributed by atoms with Crippen molar-refractivity contribution in [3.63, 3.8) is 0 Å². The summed E-state index contributed by atoms with van der Waals surface area (Å²) in [6.07, 6.45) is 0. The lowest BCUT2D eigenvalue weighted by atomic mass is 9.85. The molecule has 0 radical (unpaired) electrons. The molecule has 0 aliphatic heterocycles. The van der Waals surface area contributed by atoms with Crippen LogP contribution in [0, 0.1) is 0 Å². The van der Waals surface area contributed by atoms with Gasteiger partial charge in [0.15, 0.2) is 0 Å². The Hall–Kier alpha value is -5.92. The molecule has 0 fully saturated rings. The summed E-state index contributed by atoms with van der Waals surface area (Å²) >= 11 is 0. The predicted octanol–water partition coefficient (Wildman–Crippen LogP) is 12.6. The quantitative estimate of drug-likeness (QED) is 0.187. The molecule has 0 spiro atoms. The summed E-state index contributed by atoms with van der Waals surface area (Å²) in [5.41, 5.74) is 4.59. The van der Waals surface area contributed by atoms with Gasteiger partial charge in [-0.2, -0.15) is 0 Å². The van der Waals surface area contributed by atoms with Gasteiger partial charge in [0, 0.05) is 16.3 Å². The molecule has 1 aromatic heterocycles. The fraction of sp³-hybridized carbons (Fsp3) is 0. The number of hydrogen-bond acceptors (Lipinski definition) is 1. The minimum atomic E-state index is -0.713. The molecule has 0 saturated heterocycles. The van der Waals surface area contributed by atoms with Crippen molar-refractivity contribution in [2.45, 2.75) is 0 Å². The fourth-order valence-corrected chi connectivity index (χ4v) is 6.19. The minimum absolute atomic E-state index is 0.0713. The second-order valence-electron chi connectivity index (χ2n) is 10.7. The second kappa shape index (κ2) is 10.4. The maximum Gasteiger partial charge on any atom is 0.143 e. The zero-order chi connectivity index (χ0) is 41.1. The van der Waals surface area contributed by atoms with Crippen LogP contribution in [0.25, 0.3) is 88.0 Å². The van der Waals surface area contributed by atoms with Gasteiger partial charge in [0.05, 0.1) is 17.8 Å². The van der Waals surface area contributed by atoms with E-state index in [0.29, 0.717) is 16.7 Å². The van der Waals surface area contributed by atoms with Gasteiger partial charge in [0.1, 0.15) is 11.2 Å². The zero-order valence-electron chi connectivity index (χ0n) is 36.6. The van der Waals surface area contributed by atoms with Crippen LogP contribution in [0.2, 0.25) is 0 Å². The van der Waals surface area contributed by atoms with Gasteiger partial charge in [0.25, 0.3) is 0 Å². The molecule has 1 heterocycles. The topological polar surface area (TPSA) is 13.1 Å². The Labute approximate surface area is 279 Å². The lowest BCUT2D eigenvalue weighted by molar-refractivity contribution is 0.670. The third-order valence-corrected chi connectivity index (χ3v) is 8.22. The van der Waals surface area contributed by atoms with Gasteiger partial charge in [-0.15, -0.1) is 0 Å². The van der Waals surface area contributed by atoms with E-state index in [-0.39, 0.29) is 32.7 Å². The smallest absolute Gasteiger partial charge is 0.143 e. The Morgan fingerprint density at radius 3 is 1.62 bits per heavy atom. The van der Waals surface area contributed by atoms with E-state index in [1.54, 1.807) is 24.3 Å². The van der Waals surface area contributed by atoms with E-state index in [2.05, 4.69) is 6.07 Å². The van der Waals surface area contributed by atoms with E-state index < -0.39 is 84.1 Å². The van der Waals surface area contributed by atoms with Crippen LogP contribution < -0.4 is 0 Å². The Morgan fingerprint density at radius 2 is 0.956 bits per heavy atom. The summed E-state index contributed by atoms with van der Waals surface area (Å²) in [6, 6.07) is 20.6. The Bertz CT molecular complexity index is 3140. The van der Waals surface area contributed by atoms with Crippen LogP contribution in [-0.2, 0) is 0 Å². The standard InChI is InChI=1S/C44H28O/c1-3-12-29(13-4-1)33-26-27-35-40-21-11-20-34(44(40)45-41(35)28-33)30-22-24-32(25-23-30)43-38-18-9-7-16-36(38)42(31-14-5-2-6-15-31)37-17-8-10-19-39(37)43/h1-28H/i2D,5D,6D,7D,8D,9D,10D,14D,15D,16D,17D,18D,19D. The van der Waals surface area contributed by atoms with Crippen LogP contribution in [0.4, 0.5) is 0 Å². The number of fused-ring (bicyclic) bond motifs is 5.